The number of carbonyl (C=O) groups is 1. The summed E-state index contributed by atoms with van der Waals surface area (Å²) in [6, 6.07) is 0. The molecule has 5 unspecified atom stereocenters. The fourth-order valence-electron chi connectivity index (χ4n) is 11.8. The van der Waals surface area contributed by atoms with Gasteiger partial charge < -0.3 is 15.3 Å². The van der Waals surface area contributed by atoms with E-state index >= 15 is 0 Å². The SMILES string of the molecule is CC(C)C1CC[C@]2(C(=O)O)CC[C@]3(C)C(CCC4[C@@]5(C)CC[C@H](O)[C@@](C)(CO)C5CC[C@]43C)C12. The first kappa shape index (κ1) is 25.1. The molecule has 34 heavy (non-hydrogen) atoms. The van der Waals surface area contributed by atoms with Crippen LogP contribution in [0.15, 0.2) is 0 Å². The van der Waals surface area contributed by atoms with Crippen LogP contribution in [0.4, 0.5) is 0 Å². The van der Waals surface area contributed by atoms with E-state index in [1.54, 1.807) is 0 Å². The summed E-state index contributed by atoms with van der Waals surface area (Å²) in [5, 5.41) is 31.9. The Hall–Kier alpha value is -0.610. The lowest BCUT2D eigenvalue weighted by molar-refractivity contribution is -0.255. The van der Waals surface area contributed by atoms with Gasteiger partial charge in [-0.3, -0.25) is 4.79 Å². The molecule has 4 nitrogen and oxygen atoms in total. The highest BCUT2D eigenvalue weighted by Crippen LogP contribution is 2.77. The van der Waals surface area contributed by atoms with Gasteiger partial charge in [-0.05, 0) is 116 Å². The molecule has 0 amide bonds. The van der Waals surface area contributed by atoms with Gasteiger partial charge in [0.15, 0.2) is 0 Å². The number of hydrogen-bond acceptors (Lipinski definition) is 3. The number of aliphatic hydroxyl groups is 2. The van der Waals surface area contributed by atoms with Crippen LogP contribution in [0.5, 0.6) is 0 Å². The van der Waals surface area contributed by atoms with Gasteiger partial charge in [0.1, 0.15) is 0 Å². The van der Waals surface area contributed by atoms with E-state index in [0.29, 0.717) is 35.5 Å². The molecule has 5 fully saturated rings. The fourth-order valence-corrected chi connectivity index (χ4v) is 11.8. The van der Waals surface area contributed by atoms with Crippen LogP contribution < -0.4 is 0 Å². The first-order chi connectivity index (χ1) is 15.8. The van der Waals surface area contributed by atoms with E-state index in [9.17, 15) is 20.1 Å². The van der Waals surface area contributed by atoms with Crippen molar-refractivity contribution in [3.63, 3.8) is 0 Å². The Morgan fingerprint density at radius 3 is 2.18 bits per heavy atom. The molecule has 5 aliphatic carbocycles. The molecule has 0 heterocycles. The van der Waals surface area contributed by atoms with Crippen LogP contribution in [0.1, 0.15) is 106 Å². The lowest BCUT2D eigenvalue weighted by atomic mass is 9.32. The highest BCUT2D eigenvalue weighted by atomic mass is 16.4. The summed E-state index contributed by atoms with van der Waals surface area (Å²) >= 11 is 0. The summed E-state index contributed by atoms with van der Waals surface area (Å²) in [7, 11) is 0. The minimum atomic E-state index is -0.523. The average molecular weight is 475 g/mol. The quantitative estimate of drug-likeness (QED) is 0.459. The van der Waals surface area contributed by atoms with Gasteiger partial charge in [0.05, 0.1) is 18.1 Å². The van der Waals surface area contributed by atoms with Crippen LogP contribution in [0.25, 0.3) is 0 Å². The second kappa shape index (κ2) is 7.70. The van der Waals surface area contributed by atoms with E-state index in [1.807, 2.05) is 0 Å². The Morgan fingerprint density at radius 1 is 0.853 bits per heavy atom. The molecule has 0 bridgehead atoms. The maximum atomic E-state index is 12.8. The van der Waals surface area contributed by atoms with Gasteiger partial charge in [0.2, 0.25) is 0 Å². The van der Waals surface area contributed by atoms with Gasteiger partial charge in [0, 0.05) is 5.41 Å². The standard InChI is InChI=1S/C30H50O4/c1-18(2)19-9-14-30(25(33)34)16-15-28(5)20(24(19)30)7-8-22-26(3)12-11-23(32)27(4,17-31)21(26)10-13-29(22,28)6/h18-24,31-32H,7-17H2,1-6H3,(H,33,34)/t19?,20?,21?,22?,23-,24?,26-,27-,28+,29+,30-/m0/s1. The molecule has 0 radical (unpaired) electrons. The molecular weight excluding hydrogens is 424 g/mol. The first-order valence-corrected chi connectivity index (χ1v) is 14.3. The van der Waals surface area contributed by atoms with Crippen molar-refractivity contribution in [3.8, 4) is 0 Å². The second-order valence-electron chi connectivity index (χ2n) is 14.8. The molecule has 0 aromatic heterocycles. The summed E-state index contributed by atoms with van der Waals surface area (Å²) < 4.78 is 0. The van der Waals surface area contributed by atoms with E-state index in [4.69, 9.17) is 0 Å². The van der Waals surface area contributed by atoms with Gasteiger partial charge in [0.25, 0.3) is 0 Å². The zero-order valence-corrected chi connectivity index (χ0v) is 22.6. The van der Waals surface area contributed by atoms with Gasteiger partial charge in [-0.1, -0.05) is 41.5 Å². The van der Waals surface area contributed by atoms with Crippen LogP contribution in [0.3, 0.4) is 0 Å². The van der Waals surface area contributed by atoms with E-state index in [2.05, 4.69) is 41.5 Å². The van der Waals surface area contributed by atoms with Crippen LogP contribution >= 0.6 is 0 Å². The number of aliphatic carboxylic acids is 1. The van der Waals surface area contributed by atoms with Gasteiger partial charge in [-0.15, -0.1) is 0 Å². The summed E-state index contributed by atoms with van der Waals surface area (Å²) in [5.41, 5.74) is -0.434. The molecule has 0 saturated heterocycles. The molecule has 194 valence electrons. The number of fused-ring (bicyclic) bond motifs is 7. The maximum Gasteiger partial charge on any atom is 0.309 e. The monoisotopic (exact) mass is 474 g/mol. The third-order valence-corrected chi connectivity index (χ3v) is 13.9. The van der Waals surface area contributed by atoms with Crippen LogP contribution in [0.2, 0.25) is 0 Å². The Bertz CT molecular complexity index is 840. The van der Waals surface area contributed by atoms with Gasteiger partial charge in [-0.2, -0.15) is 0 Å². The lowest BCUT2D eigenvalue weighted by Crippen LogP contribution is -2.67. The minimum Gasteiger partial charge on any atom is -0.481 e. The molecule has 11 atom stereocenters. The molecule has 0 aromatic rings. The zero-order valence-electron chi connectivity index (χ0n) is 22.6. The van der Waals surface area contributed by atoms with Gasteiger partial charge >= 0.3 is 5.97 Å². The Labute approximate surface area is 207 Å². The van der Waals surface area contributed by atoms with Crippen LogP contribution in [-0.2, 0) is 4.79 Å². The van der Waals surface area contributed by atoms with Crippen molar-refractivity contribution in [3.05, 3.63) is 0 Å². The maximum absolute atomic E-state index is 12.8. The number of carboxylic acids is 1. The third kappa shape index (κ3) is 2.82. The average Bonchev–Trinajstić information content (AvgIpc) is 3.18. The molecule has 4 heteroatoms. The fraction of sp³-hybridized carbons (Fsp3) is 0.967. The van der Waals surface area contributed by atoms with Gasteiger partial charge in [-0.25, -0.2) is 0 Å². The largest absolute Gasteiger partial charge is 0.481 e. The molecule has 0 aromatic carbocycles. The van der Waals surface area contributed by atoms with E-state index in [1.165, 1.54) is 6.42 Å². The normalized spacial score (nSPS) is 56.9. The lowest BCUT2D eigenvalue weighted by Gasteiger charge is -2.72. The van der Waals surface area contributed by atoms with E-state index < -0.39 is 22.9 Å². The summed E-state index contributed by atoms with van der Waals surface area (Å²) in [5.74, 6) is 2.27. The predicted octanol–water partition coefficient (Wildman–Crippen LogP) is 6.14. The molecule has 0 spiro atoms. The zero-order chi connectivity index (χ0) is 24.9. The topological polar surface area (TPSA) is 77.8 Å². The minimum absolute atomic E-state index is 0.0665. The van der Waals surface area contributed by atoms with Crippen molar-refractivity contribution >= 4 is 5.97 Å². The number of aliphatic hydroxyl groups excluding tert-OH is 2. The third-order valence-electron chi connectivity index (χ3n) is 13.9. The smallest absolute Gasteiger partial charge is 0.309 e. The van der Waals surface area contributed by atoms with Crippen LogP contribution in [0, 0.1) is 62.6 Å². The summed E-state index contributed by atoms with van der Waals surface area (Å²) in [6.45, 7) is 14.4. The van der Waals surface area contributed by atoms with E-state index in [-0.39, 0.29) is 22.9 Å². The Kier molecular flexibility index (Phi) is 5.67. The Balaban J connectivity index is 1.56. The van der Waals surface area contributed by atoms with E-state index in [0.717, 1.165) is 57.8 Å². The Morgan fingerprint density at radius 2 is 1.56 bits per heavy atom. The predicted molar refractivity (Wildman–Crippen MR) is 134 cm³/mol. The molecule has 5 rings (SSSR count). The van der Waals surface area contributed by atoms with Crippen molar-refractivity contribution in [2.24, 2.45) is 62.6 Å². The highest BCUT2D eigenvalue weighted by molar-refractivity contribution is 5.76. The van der Waals surface area contributed by atoms with Crippen molar-refractivity contribution < 1.29 is 20.1 Å². The van der Waals surface area contributed by atoms with Crippen molar-refractivity contribution in [2.75, 3.05) is 6.61 Å². The van der Waals surface area contributed by atoms with Crippen molar-refractivity contribution in [1.82, 2.24) is 0 Å². The van der Waals surface area contributed by atoms with Crippen molar-refractivity contribution in [2.45, 2.75) is 112 Å². The molecule has 5 saturated carbocycles. The second-order valence-corrected chi connectivity index (χ2v) is 14.8. The van der Waals surface area contributed by atoms with Crippen LogP contribution in [-0.4, -0.2) is 34.0 Å². The molecule has 0 aliphatic heterocycles. The molecule has 3 N–H and O–H groups in total. The molecule has 5 aliphatic rings. The summed E-state index contributed by atoms with van der Waals surface area (Å²) in [6.07, 6.45) is 9.81. The molecular formula is C30H50O4. The number of carboxylic acid groups (broad SMARTS) is 1. The number of hydrogen-bond donors (Lipinski definition) is 3. The first-order valence-electron chi connectivity index (χ1n) is 14.3. The summed E-state index contributed by atoms with van der Waals surface area (Å²) in [4.78, 5) is 12.8. The number of rotatable bonds is 3. The van der Waals surface area contributed by atoms with Crippen molar-refractivity contribution in [1.29, 1.82) is 0 Å². The highest BCUT2D eigenvalue weighted by Gasteiger charge is 2.72.